The molecule has 1 spiro atoms. The molecule has 8 atom stereocenters. The maximum atomic E-state index is 15.8. The average molecular weight is 1370 g/mol. The highest BCUT2D eigenvalue weighted by atomic mass is 35.5. The molecule has 3 N–H and O–H groups in total. The Kier molecular flexibility index (Phi) is 28.7. The van der Waals surface area contributed by atoms with Gasteiger partial charge in [0.1, 0.15) is 47.8 Å². The minimum Gasteiger partial charge on any atom is -0.343 e. The lowest BCUT2D eigenvalue weighted by molar-refractivity contribution is -0.156. The number of alkyl halides is 1. The normalized spacial score (nSPS) is 29.8. The Balaban J connectivity index is 1.26. The Morgan fingerprint density at radius 2 is 1.14 bits per heavy atom. The van der Waals surface area contributed by atoms with Crippen LogP contribution in [0.2, 0.25) is 0 Å². The number of nitrogens with zero attached hydrogens (tertiary/aromatic N) is 9. The van der Waals surface area contributed by atoms with E-state index in [-0.39, 0.29) is 61.3 Å². The van der Waals surface area contributed by atoms with Crippen LogP contribution >= 0.6 is 11.6 Å². The highest BCUT2D eigenvalue weighted by molar-refractivity contribution is 6.20. The molecule has 7 fully saturated rings. The van der Waals surface area contributed by atoms with Gasteiger partial charge in [-0.05, 0) is 132 Å². The molecule has 25 heteroatoms. The third-order valence-electron chi connectivity index (χ3n) is 22.7. The van der Waals surface area contributed by atoms with Crippen LogP contribution in [0.3, 0.4) is 0 Å². The van der Waals surface area contributed by atoms with Crippen molar-refractivity contribution >= 4 is 82.5 Å². The second kappa shape index (κ2) is 35.6. The fourth-order valence-electron chi connectivity index (χ4n) is 16.2. The minimum atomic E-state index is -1.46. The van der Waals surface area contributed by atoms with Gasteiger partial charge < -0.3 is 60.0 Å². The van der Waals surface area contributed by atoms with Gasteiger partial charge in [-0.15, -0.1) is 11.6 Å². The fourth-order valence-corrected chi connectivity index (χ4v) is 16.5. The van der Waals surface area contributed by atoms with Crippen molar-refractivity contribution in [3.05, 3.63) is 0 Å². The molecule has 0 aromatic heterocycles. The number of hydrogen-bond donors (Lipinski definition) is 3. The lowest BCUT2D eigenvalue weighted by Crippen LogP contribution is -2.65. The summed E-state index contributed by atoms with van der Waals surface area (Å²) in [5.41, 5.74) is -1.46. The molecule has 24 nitrogen and oxygen atoms in total. The predicted molar refractivity (Wildman–Crippen MR) is 365 cm³/mol. The van der Waals surface area contributed by atoms with Gasteiger partial charge in [-0.3, -0.25) is 57.5 Å². The number of nitrogens with one attached hydrogen (secondary N) is 3. The fraction of sp³-hybridized carbons (Fsp3) is 0.831. The van der Waals surface area contributed by atoms with Crippen LogP contribution in [0.5, 0.6) is 0 Å². The molecule has 0 unspecified atom stereocenters. The standard InChI is InChI=1S/C71H117ClN12O12/c1-12-47(4)61-68(94)78(7)44-59(87)76(5)45-60(88)80(9)55(41-49-24-15-13-16-25-49)66(92)77(6)43-57(85)73-52(34-31-48-29-32-51(72)33-30-48)65(91)84-39-23-28-53(84)64(90)75-71(35-19-20-36-71)70(96)82(11)62(50-26-17-14-18-27-50)69(95)81(10)56(67(93)83-37-21-22-38-83)42-58(86)79(8)54(40-46(2)3)63(89)74-61/h46-56,61-62H,12-45H2,1-11H3,(H,73,85)(H,74,89)(H,75,90)/t47-,48?,51?,52-,53-,54-,55-,56-,61-,62-/m0/s1. The van der Waals surface area contributed by atoms with Crippen LogP contribution < -0.4 is 16.0 Å². The summed E-state index contributed by atoms with van der Waals surface area (Å²) in [4.78, 5) is 191. The predicted octanol–water partition coefficient (Wildman–Crippen LogP) is 5.31. The second-order valence-corrected chi connectivity index (χ2v) is 30.8. The summed E-state index contributed by atoms with van der Waals surface area (Å²) < 4.78 is 0. The van der Waals surface area contributed by atoms with Crippen molar-refractivity contribution in [1.29, 1.82) is 0 Å². The van der Waals surface area contributed by atoms with Crippen LogP contribution in [0.25, 0.3) is 0 Å². The van der Waals surface area contributed by atoms with E-state index in [1.54, 1.807) is 18.9 Å². The summed E-state index contributed by atoms with van der Waals surface area (Å²) in [7, 11) is 10.4. The first-order chi connectivity index (χ1) is 45.6. The van der Waals surface area contributed by atoms with Crippen LogP contribution in [0.1, 0.15) is 207 Å². The van der Waals surface area contributed by atoms with Crippen LogP contribution in [-0.2, 0) is 57.5 Å². The molecule has 12 amide bonds. The molecule has 7 rings (SSSR count). The van der Waals surface area contributed by atoms with Crippen molar-refractivity contribution in [3.63, 3.8) is 0 Å². The van der Waals surface area contributed by atoms with Crippen LogP contribution in [0, 0.1) is 29.6 Å². The van der Waals surface area contributed by atoms with Gasteiger partial charge in [-0.1, -0.05) is 98.3 Å². The van der Waals surface area contributed by atoms with Crippen LogP contribution in [0.4, 0.5) is 0 Å². The molecule has 7 aliphatic rings. The Bertz CT molecular complexity index is 2740. The molecule has 0 radical (unpaired) electrons. The number of rotatable bonds is 11. The Morgan fingerprint density at radius 1 is 0.542 bits per heavy atom. The summed E-state index contributed by atoms with van der Waals surface area (Å²) in [6, 6.07) is -7.84. The second-order valence-electron chi connectivity index (χ2n) is 30.2. The minimum absolute atomic E-state index is 0.0622. The number of likely N-dealkylation sites (N-methyl/N-ethyl adjacent to an activating group) is 7. The SMILES string of the molecule is CC[C@H](C)[C@@H]1NC(=O)[C@H](CC(C)C)N(C)C(=O)C[C@@H](C(=O)N2CCCC2)N(C)C(=O)[C@H](C2CCCCC2)N(C)C(=O)C2(CCCC2)NC(=O)[C@@H]2CCCN2C(=O)[C@H](CCC2CCC(Cl)CC2)NC(=O)CN(C)C(=O)[C@H](CC2CCCCC2)N(C)C(=O)CN(C)C(=O)CN(C)C1=O. The van der Waals surface area contributed by atoms with Crippen molar-refractivity contribution in [2.45, 2.75) is 261 Å². The van der Waals surface area contributed by atoms with E-state index in [1.807, 2.05) is 20.8 Å². The van der Waals surface area contributed by atoms with E-state index in [4.69, 9.17) is 11.6 Å². The molecule has 3 aliphatic heterocycles. The lowest BCUT2D eigenvalue weighted by Gasteiger charge is -2.43. The average Bonchev–Trinajstić information content (AvgIpc) is 1.43. The van der Waals surface area contributed by atoms with Crippen molar-refractivity contribution in [1.82, 2.24) is 60.0 Å². The van der Waals surface area contributed by atoms with Gasteiger partial charge >= 0.3 is 0 Å². The number of fused-ring (bicyclic) bond motifs is 1. The first-order valence-corrected chi connectivity index (χ1v) is 37.0. The zero-order chi connectivity index (χ0) is 70.3. The zero-order valence-electron chi connectivity index (χ0n) is 59.8. The highest BCUT2D eigenvalue weighted by Gasteiger charge is 2.51. The molecule has 0 aromatic carbocycles. The zero-order valence-corrected chi connectivity index (χ0v) is 60.6. The topological polar surface area (TPSA) is 270 Å². The van der Waals surface area contributed by atoms with E-state index < -0.39 is 151 Å². The lowest BCUT2D eigenvalue weighted by atomic mass is 9.81. The summed E-state index contributed by atoms with van der Waals surface area (Å²) in [6.45, 7) is 7.12. The van der Waals surface area contributed by atoms with Crippen molar-refractivity contribution < 1.29 is 57.5 Å². The van der Waals surface area contributed by atoms with E-state index in [1.165, 1.54) is 81.5 Å². The molecule has 4 aliphatic carbocycles. The quantitative estimate of drug-likeness (QED) is 0.222. The van der Waals surface area contributed by atoms with E-state index >= 15 is 24.0 Å². The van der Waals surface area contributed by atoms with E-state index in [2.05, 4.69) is 16.0 Å². The van der Waals surface area contributed by atoms with Crippen LogP contribution in [0.15, 0.2) is 0 Å². The summed E-state index contributed by atoms with van der Waals surface area (Å²) in [5, 5.41) is 9.17. The molecular weight excluding hydrogens is 1250 g/mol. The molecule has 0 aromatic rings. The number of carbonyl (C=O) groups is 12. The third kappa shape index (κ3) is 19.6. The molecule has 540 valence electrons. The largest absolute Gasteiger partial charge is 0.343 e. The molecule has 0 bridgehead atoms. The molecule has 96 heavy (non-hydrogen) atoms. The van der Waals surface area contributed by atoms with Gasteiger partial charge in [-0.2, -0.15) is 0 Å². The number of amides is 12. The van der Waals surface area contributed by atoms with Crippen molar-refractivity contribution in [3.8, 4) is 0 Å². The number of carbonyl (C=O) groups excluding carboxylic acids is 12. The summed E-state index contributed by atoms with van der Waals surface area (Å²) >= 11 is 6.53. The van der Waals surface area contributed by atoms with E-state index in [0.717, 1.165) is 89.9 Å². The van der Waals surface area contributed by atoms with Crippen LogP contribution in [-0.4, -0.2) is 257 Å². The number of halogens is 1. The maximum absolute atomic E-state index is 15.8. The Morgan fingerprint density at radius 3 is 1.75 bits per heavy atom. The molecular formula is C71H117ClN12O12. The summed E-state index contributed by atoms with van der Waals surface area (Å²) in [5.74, 6) is -7.07. The highest BCUT2D eigenvalue weighted by Crippen LogP contribution is 2.38. The molecule has 3 saturated heterocycles. The van der Waals surface area contributed by atoms with E-state index in [9.17, 15) is 33.6 Å². The molecule has 3 heterocycles. The van der Waals surface area contributed by atoms with Gasteiger partial charge in [0, 0.05) is 74.3 Å². The van der Waals surface area contributed by atoms with Gasteiger partial charge in [0.15, 0.2) is 0 Å². The third-order valence-corrected chi connectivity index (χ3v) is 23.1. The first kappa shape index (κ1) is 77.3. The van der Waals surface area contributed by atoms with Gasteiger partial charge in [-0.25, -0.2) is 0 Å². The monoisotopic (exact) mass is 1360 g/mol. The van der Waals surface area contributed by atoms with Crippen molar-refractivity contribution in [2.24, 2.45) is 29.6 Å². The molecule has 4 saturated carbocycles. The maximum Gasteiger partial charge on any atom is 0.248 e. The van der Waals surface area contributed by atoms with E-state index in [0.29, 0.717) is 70.9 Å². The van der Waals surface area contributed by atoms with Crippen molar-refractivity contribution in [2.75, 3.05) is 88.6 Å². The summed E-state index contributed by atoms with van der Waals surface area (Å²) in [6.07, 6.45) is 17.0. The number of hydrogen-bond acceptors (Lipinski definition) is 12. The smallest absolute Gasteiger partial charge is 0.248 e. The van der Waals surface area contributed by atoms with Gasteiger partial charge in [0.25, 0.3) is 0 Å². The first-order valence-electron chi connectivity index (χ1n) is 36.5. The Hall–Kier alpha value is -6.07. The van der Waals surface area contributed by atoms with Gasteiger partial charge in [0.05, 0.1) is 26.1 Å². The number of likely N-dealkylation sites (tertiary alicyclic amines) is 1. The Labute approximate surface area is 576 Å². The van der Waals surface area contributed by atoms with Gasteiger partial charge in [0.2, 0.25) is 70.9 Å².